The first-order valence-electron chi connectivity index (χ1n) is 9.62. The maximum atomic E-state index is 12.7. The minimum absolute atomic E-state index is 0.0241. The fourth-order valence-corrected chi connectivity index (χ4v) is 4.42. The van der Waals surface area contributed by atoms with Gasteiger partial charge in [-0.15, -0.1) is 11.8 Å². The Kier molecular flexibility index (Phi) is 5.32. The van der Waals surface area contributed by atoms with E-state index in [0.717, 1.165) is 33.9 Å². The predicted octanol–water partition coefficient (Wildman–Crippen LogP) is 3.31. The molecule has 0 radical (unpaired) electrons. The van der Waals surface area contributed by atoms with Crippen molar-refractivity contribution in [3.05, 3.63) is 48.0 Å². The number of nitrogens with one attached hydrogen (secondary N) is 1. The van der Waals surface area contributed by atoms with Gasteiger partial charge in [0.25, 0.3) is 0 Å². The third-order valence-corrected chi connectivity index (χ3v) is 6.21. The molecule has 7 heteroatoms. The molecule has 29 heavy (non-hydrogen) atoms. The molecule has 2 aliphatic heterocycles. The third-order valence-electron chi connectivity index (χ3n) is 5.48. The molecule has 0 aliphatic carbocycles. The molecule has 0 spiro atoms. The van der Waals surface area contributed by atoms with E-state index in [2.05, 4.69) is 5.32 Å². The van der Waals surface area contributed by atoms with E-state index in [1.165, 1.54) is 0 Å². The van der Waals surface area contributed by atoms with Crippen LogP contribution < -0.4 is 15.1 Å². The molecule has 2 heterocycles. The number of fused-ring (bicyclic) bond motifs is 1. The highest BCUT2D eigenvalue weighted by molar-refractivity contribution is 7.98. The Bertz CT molecular complexity index is 991. The van der Waals surface area contributed by atoms with E-state index in [1.807, 2.05) is 48.7 Å². The fourth-order valence-electron chi connectivity index (χ4n) is 3.96. The van der Waals surface area contributed by atoms with E-state index < -0.39 is 0 Å². The van der Waals surface area contributed by atoms with E-state index in [0.29, 0.717) is 13.1 Å². The number of rotatable bonds is 4. The highest BCUT2D eigenvalue weighted by Gasteiger charge is 2.36. The van der Waals surface area contributed by atoms with E-state index >= 15 is 0 Å². The smallest absolute Gasteiger partial charge is 0.229 e. The first-order chi connectivity index (χ1) is 14.0. The van der Waals surface area contributed by atoms with E-state index in [1.54, 1.807) is 28.5 Å². The molecule has 0 bridgehead atoms. The Morgan fingerprint density at radius 2 is 2.00 bits per heavy atom. The normalized spacial score (nSPS) is 18.1. The zero-order valence-electron chi connectivity index (χ0n) is 16.5. The topological polar surface area (TPSA) is 69.7 Å². The molecule has 4 rings (SSSR count). The molecule has 2 aliphatic rings. The van der Waals surface area contributed by atoms with Crippen LogP contribution in [0.3, 0.4) is 0 Å². The number of anilines is 3. The zero-order chi connectivity index (χ0) is 20.5. The van der Waals surface area contributed by atoms with Crippen molar-refractivity contribution in [2.45, 2.75) is 24.7 Å². The minimum Gasteiger partial charge on any atom is -0.326 e. The summed E-state index contributed by atoms with van der Waals surface area (Å²) in [5, 5.41) is 2.94. The Balaban J connectivity index is 1.47. The predicted molar refractivity (Wildman–Crippen MR) is 115 cm³/mol. The van der Waals surface area contributed by atoms with Crippen LogP contribution in [0.5, 0.6) is 0 Å². The summed E-state index contributed by atoms with van der Waals surface area (Å²) in [4.78, 5) is 41.5. The molecule has 0 unspecified atom stereocenters. The number of nitrogens with zero attached hydrogens (tertiary/aromatic N) is 2. The fraction of sp³-hybridized carbons (Fsp3) is 0.318. The van der Waals surface area contributed by atoms with Crippen LogP contribution in [-0.2, 0) is 20.8 Å². The van der Waals surface area contributed by atoms with Crippen molar-refractivity contribution in [3.8, 4) is 0 Å². The van der Waals surface area contributed by atoms with Crippen molar-refractivity contribution in [1.82, 2.24) is 0 Å². The lowest BCUT2D eigenvalue weighted by molar-refractivity contribution is -0.122. The van der Waals surface area contributed by atoms with Gasteiger partial charge in [-0.2, -0.15) is 0 Å². The molecule has 1 saturated heterocycles. The van der Waals surface area contributed by atoms with Crippen LogP contribution in [0.25, 0.3) is 0 Å². The molecule has 6 nitrogen and oxygen atoms in total. The minimum atomic E-state index is -0.387. The number of benzene rings is 2. The maximum Gasteiger partial charge on any atom is 0.229 e. The van der Waals surface area contributed by atoms with Gasteiger partial charge in [-0.1, -0.05) is 6.07 Å². The van der Waals surface area contributed by atoms with Gasteiger partial charge in [-0.3, -0.25) is 14.4 Å². The first kappa shape index (κ1) is 19.5. The van der Waals surface area contributed by atoms with Crippen LogP contribution >= 0.6 is 11.8 Å². The molecule has 150 valence electrons. The zero-order valence-corrected chi connectivity index (χ0v) is 17.3. The first-order valence-corrected chi connectivity index (χ1v) is 10.8. The van der Waals surface area contributed by atoms with Crippen molar-refractivity contribution < 1.29 is 14.4 Å². The highest BCUT2D eigenvalue weighted by Crippen LogP contribution is 2.34. The van der Waals surface area contributed by atoms with Crippen LogP contribution in [0.2, 0.25) is 0 Å². The van der Waals surface area contributed by atoms with Gasteiger partial charge in [-0.05, 0) is 54.6 Å². The Morgan fingerprint density at radius 3 is 2.76 bits per heavy atom. The number of amides is 3. The summed E-state index contributed by atoms with van der Waals surface area (Å²) >= 11 is 1.61. The number of carbonyl (C=O) groups is 3. The number of thioether (sulfide) groups is 1. The average molecular weight is 410 g/mol. The number of hydrogen-bond donors (Lipinski definition) is 1. The summed E-state index contributed by atoms with van der Waals surface area (Å²) in [6.45, 7) is 2.59. The van der Waals surface area contributed by atoms with E-state index in [4.69, 9.17) is 0 Å². The lowest BCUT2D eigenvalue weighted by Gasteiger charge is -2.19. The van der Waals surface area contributed by atoms with Crippen molar-refractivity contribution in [2.75, 3.05) is 34.5 Å². The second kappa shape index (κ2) is 7.91. The lowest BCUT2D eigenvalue weighted by atomic mass is 10.1. The second-order valence-corrected chi connectivity index (χ2v) is 8.24. The second-order valence-electron chi connectivity index (χ2n) is 7.36. The molecule has 0 saturated carbocycles. The number of carbonyl (C=O) groups excluding carboxylic acids is 3. The van der Waals surface area contributed by atoms with E-state index in [9.17, 15) is 14.4 Å². The van der Waals surface area contributed by atoms with Gasteiger partial charge < -0.3 is 15.1 Å². The lowest BCUT2D eigenvalue weighted by Crippen LogP contribution is -2.28. The van der Waals surface area contributed by atoms with Crippen molar-refractivity contribution in [1.29, 1.82) is 0 Å². The molecule has 3 amide bonds. The van der Waals surface area contributed by atoms with Crippen LogP contribution in [0.4, 0.5) is 17.1 Å². The van der Waals surface area contributed by atoms with Crippen LogP contribution in [0.1, 0.15) is 18.9 Å². The van der Waals surface area contributed by atoms with Crippen LogP contribution in [0.15, 0.2) is 47.4 Å². The Labute approximate surface area is 174 Å². The van der Waals surface area contributed by atoms with Gasteiger partial charge in [0, 0.05) is 48.4 Å². The van der Waals surface area contributed by atoms with Gasteiger partial charge in [0.2, 0.25) is 17.7 Å². The van der Waals surface area contributed by atoms with Gasteiger partial charge in [0.1, 0.15) is 0 Å². The summed E-state index contributed by atoms with van der Waals surface area (Å²) in [6, 6.07) is 13.4. The quantitative estimate of drug-likeness (QED) is 0.787. The molecule has 2 aromatic carbocycles. The summed E-state index contributed by atoms with van der Waals surface area (Å²) in [5.41, 5.74) is 3.51. The Hall–Kier alpha value is -2.80. The third kappa shape index (κ3) is 3.87. The van der Waals surface area contributed by atoms with Crippen molar-refractivity contribution >= 4 is 46.5 Å². The monoisotopic (exact) mass is 409 g/mol. The molecular weight excluding hydrogens is 386 g/mol. The summed E-state index contributed by atoms with van der Waals surface area (Å²) in [6.07, 6.45) is 2.96. The Morgan fingerprint density at radius 1 is 1.17 bits per heavy atom. The van der Waals surface area contributed by atoms with Gasteiger partial charge in [0.05, 0.1) is 5.92 Å². The standard InChI is InChI=1S/C22H23N3O3S/c1-14(26)24-9-8-15-10-18(6-7-20(15)24)25-13-16(11-21(25)27)22(28)23-17-4-3-5-19(12-17)29-2/h3-7,10,12,16H,8-9,11,13H2,1-2H3,(H,23,28)/t16-/m1/s1. The van der Waals surface area contributed by atoms with Crippen molar-refractivity contribution in [3.63, 3.8) is 0 Å². The van der Waals surface area contributed by atoms with Gasteiger partial charge >= 0.3 is 0 Å². The molecule has 0 aromatic heterocycles. The molecule has 2 aromatic rings. The maximum absolute atomic E-state index is 12.7. The van der Waals surface area contributed by atoms with Crippen molar-refractivity contribution in [2.24, 2.45) is 5.92 Å². The number of hydrogen-bond acceptors (Lipinski definition) is 4. The molecule has 1 N–H and O–H groups in total. The highest BCUT2D eigenvalue weighted by atomic mass is 32.2. The van der Waals surface area contributed by atoms with Crippen LogP contribution in [0, 0.1) is 5.92 Å². The SMILES string of the molecule is CSc1cccc(NC(=O)[C@@H]2CC(=O)N(c3ccc4c(c3)CCN4C(C)=O)C2)c1. The molecule has 1 fully saturated rings. The molecule has 1 atom stereocenters. The largest absolute Gasteiger partial charge is 0.326 e. The van der Waals surface area contributed by atoms with E-state index in [-0.39, 0.29) is 30.1 Å². The average Bonchev–Trinajstić information content (AvgIpc) is 3.31. The van der Waals surface area contributed by atoms with Crippen LogP contribution in [-0.4, -0.2) is 37.1 Å². The summed E-state index contributed by atoms with van der Waals surface area (Å²) < 4.78 is 0. The van der Waals surface area contributed by atoms with Gasteiger partial charge in [-0.25, -0.2) is 0 Å². The summed E-state index contributed by atoms with van der Waals surface area (Å²) in [5.74, 6) is -0.550. The molecular formula is C22H23N3O3S. The van der Waals surface area contributed by atoms with Gasteiger partial charge in [0.15, 0.2) is 0 Å². The summed E-state index contributed by atoms with van der Waals surface area (Å²) in [7, 11) is 0.